The van der Waals surface area contributed by atoms with Crippen LogP contribution in [0, 0.1) is 0 Å². The van der Waals surface area contributed by atoms with Gasteiger partial charge < -0.3 is 10.1 Å². The highest BCUT2D eigenvalue weighted by atomic mass is 16.5. The molecule has 0 aromatic carbocycles. The summed E-state index contributed by atoms with van der Waals surface area (Å²) in [4.78, 5) is 8.30. The molecule has 2 rings (SSSR count). The number of nitrogens with one attached hydrogen (secondary N) is 1. The van der Waals surface area contributed by atoms with Crippen LogP contribution in [0.25, 0.3) is 0 Å². The standard InChI is InChI=1S/C15H23N3O/c1-2-10-19-15-11-14(17-12-18-15)16-9-8-13-6-4-3-5-7-13/h6,11-12H,2-5,7-10H2,1H3,(H,16,17,18). The van der Waals surface area contributed by atoms with Crippen LogP contribution in [-0.4, -0.2) is 23.1 Å². The van der Waals surface area contributed by atoms with E-state index in [9.17, 15) is 0 Å². The fourth-order valence-corrected chi connectivity index (χ4v) is 2.20. The van der Waals surface area contributed by atoms with Gasteiger partial charge in [0, 0.05) is 12.6 Å². The first-order valence-electron chi connectivity index (χ1n) is 7.25. The van der Waals surface area contributed by atoms with E-state index >= 15 is 0 Å². The van der Waals surface area contributed by atoms with Gasteiger partial charge in [-0.05, 0) is 38.5 Å². The molecule has 4 nitrogen and oxygen atoms in total. The third kappa shape index (κ3) is 4.89. The van der Waals surface area contributed by atoms with Gasteiger partial charge in [-0.3, -0.25) is 0 Å². The van der Waals surface area contributed by atoms with Gasteiger partial charge in [-0.2, -0.15) is 0 Å². The van der Waals surface area contributed by atoms with Crippen LogP contribution in [0.2, 0.25) is 0 Å². The third-order valence-corrected chi connectivity index (χ3v) is 3.23. The number of rotatable bonds is 7. The van der Waals surface area contributed by atoms with Crippen LogP contribution in [0.4, 0.5) is 5.82 Å². The summed E-state index contributed by atoms with van der Waals surface area (Å²) in [5.41, 5.74) is 1.58. The molecule has 0 fully saturated rings. The van der Waals surface area contributed by atoms with Crippen LogP contribution >= 0.6 is 0 Å². The topological polar surface area (TPSA) is 47.0 Å². The number of aromatic nitrogens is 2. The normalized spacial score (nSPS) is 14.9. The van der Waals surface area contributed by atoms with Gasteiger partial charge >= 0.3 is 0 Å². The molecular formula is C15H23N3O. The van der Waals surface area contributed by atoms with Crippen LogP contribution in [0.3, 0.4) is 0 Å². The zero-order valence-electron chi connectivity index (χ0n) is 11.7. The molecule has 4 heteroatoms. The van der Waals surface area contributed by atoms with Gasteiger partial charge in [0.25, 0.3) is 0 Å². The molecule has 1 aliphatic carbocycles. The van der Waals surface area contributed by atoms with E-state index in [4.69, 9.17) is 4.74 Å². The molecule has 104 valence electrons. The fraction of sp³-hybridized carbons (Fsp3) is 0.600. The van der Waals surface area contributed by atoms with Crippen LogP contribution in [0.5, 0.6) is 5.88 Å². The van der Waals surface area contributed by atoms with Gasteiger partial charge in [-0.15, -0.1) is 0 Å². The van der Waals surface area contributed by atoms with E-state index in [1.165, 1.54) is 25.7 Å². The van der Waals surface area contributed by atoms with Crippen LogP contribution in [-0.2, 0) is 0 Å². The van der Waals surface area contributed by atoms with Crippen molar-refractivity contribution in [3.05, 3.63) is 24.0 Å². The molecule has 0 bridgehead atoms. The Hall–Kier alpha value is -1.58. The molecule has 0 atom stereocenters. The predicted molar refractivity (Wildman–Crippen MR) is 77.5 cm³/mol. The average molecular weight is 261 g/mol. The van der Waals surface area contributed by atoms with Crippen LogP contribution in [0.1, 0.15) is 45.4 Å². The minimum Gasteiger partial charge on any atom is -0.478 e. The third-order valence-electron chi connectivity index (χ3n) is 3.23. The second-order valence-corrected chi connectivity index (χ2v) is 4.87. The summed E-state index contributed by atoms with van der Waals surface area (Å²) in [7, 11) is 0. The van der Waals surface area contributed by atoms with Gasteiger partial charge in [-0.25, -0.2) is 9.97 Å². The highest BCUT2D eigenvalue weighted by Crippen LogP contribution is 2.20. The Balaban J connectivity index is 1.77. The highest BCUT2D eigenvalue weighted by Gasteiger charge is 2.04. The molecule has 0 aliphatic heterocycles. The number of anilines is 1. The molecule has 1 heterocycles. The van der Waals surface area contributed by atoms with E-state index in [2.05, 4.69) is 28.3 Å². The lowest BCUT2D eigenvalue weighted by atomic mass is 9.97. The van der Waals surface area contributed by atoms with Crippen molar-refractivity contribution in [2.45, 2.75) is 45.4 Å². The first-order valence-corrected chi connectivity index (χ1v) is 7.25. The van der Waals surface area contributed by atoms with Gasteiger partial charge in [-0.1, -0.05) is 18.6 Å². The number of ether oxygens (including phenoxy) is 1. The van der Waals surface area contributed by atoms with E-state index in [0.29, 0.717) is 12.5 Å². The molecule has 1 aromatic heterocycles. The summed E-state index contributed by atoms with van der Waals surface area (Å²) in [6, 6.07) is 1.87. The summed E-state index contributed by atoms with van der Waals surface area (Å²) in [6.07, 6.45) is 11.2. The van der Waals surface area contributed by atoms with E-state index in [1.807, 2.05) is 6.07 Å². The average Bonchev–Trinajstić information content (AvgIpc) is 2.47. The van der Waals surface area contributed by atoms with Crippen molar-refractivity contribution in [3.63, 3.8) is 0 Å². The minimum atomic E-state index is 0.649. The smallest absolute Gasteiger partial charge is 0.218 e. The molecular weight excluding hydrogens is 238 g/mol. The first kappa shape index (κ1) is 13.8. The number of allylic oxidation sites excluding steroid dienone is 1. The summed E-state index contributed by atoms with van der Waals surface area (Å²) >= 11 is 0. The number of nitrogens with zero attached hydrogens (tertiary/aromatic N) is 2. The monoisotopic (exact) mass is 261 g/mol. The molecule has 0 saturated heterocycles. The SMILES string of the molecule is CCCOc1cc(NCCC2=CCCCC2)ncn1. The van der Waals surface area contributed by atoms with Crippen molar-refractivity contribution in [2.24, 2.45) is 0 Å². The quantitative estimate of drug-likeness (QED) is 0.762. The lowest BCUT2D eigenvalue weighted by molar-refractivity contribution is 0.305. The molecule has 1 aromatic rings. The van der Waals surface area contributed by atoms with Crippen molar-refractivity contribution in [1.29, 1.82) is 0 Å². The molecule has 0 saturated carbocycles. The van der Waals surface area contributed by atoms with Crippen molar-refractivity contribution >= 4 is 5.82 Å². The fourth-order valence-electron chi connectivity index (χ4n) is 2.20. The summed E-state index contributed by atoms with van der Waals surface area (Å²) in [5, 5.41) is 3.34. The highest BCUT2D eigenvalue weighted by molar-refractivity contribution is 5.37. The lowest BCUT2D eigenvalue weighted by Gasteiger charge is -2.13. The zero-order chi connectivity index (χ0) is 13.3. The van der Waals surface area contributed by atoms with Crippen molar-refractivity contribution < 1.29 is 4.74 Å². The Morgan fingerprint density at radius 1 is 1.32 bits per heavy atom. The maximum Gasteiger partial charge on any atom is 0.218 e. The van der Waals surface area contributed by atoms with Gasteiger partial charge in [0.1, 0.15) is 12.1 Å². The summed E-state index contributed by atoms with van der Waals surface area (Å²) in [5.74, 6) is 1.49. The molecule has 0 unspecified atom stereocenters. The van der Waals surface area contributed by atoms with E-state index in [-0.39, 0.29) is 0 Å². The van der Waals surface area contributed by atoms with E-state index < -0.39 is 0 Å². The van der Waals surface area contributed by atoms with Crippen molar-refractivity contribution in [1.82, 2.24) is 9.97 Å². The Labute approximate surface area is 115 Å². The van der Waals surface area contributed by atoms with E-state index in [0.717, 1.165) is 25.2 Å². The molecule has 19 heavy (non-hydrogen) atoms. The minimum absolute atomic E-state index is 0.649. The largest absolute Gasteiger partial charge is 0.478 e. The Bertz CT molecular complexity index is 418. The Morgan fingerprint density at radius 3 is 3.05 bits per heavy atom. The Morgan fingerprint density at radius 2 is 2.26 bits per heavy atom. The second kappa shape index (κ2) is 7.77. The van der Waals surface area contributed by atoms with Crippen molar-refractivity contribution in [2.75, 3.05) is 18.5 Å². The molecule has 0 radical (unpaired) electrons. The van der Waals surface area contributed by atoms with E-state index in [1.54, 1.807) is 11.9 Å². The summed E-state index contributed by atoms with van der Waals surface area (Å²) < 4.78 is 5.49. The van der Waals surface area contributed by atoms with Gasteiger partial charge in [0.2, 0.25) is 5.88 Å². The zero-order valence-corrected chi connectivity index (χ0v) is 11.7. The maximum absolute atomic E-state index is 5.49. The number of hydrogen-bond acceptors (Lipinski definition) is 4. The summed E-state index contributed by atoms with van der Waals surface area (Å²) in [6.45, 7) is 3.71. The first-order chi connectivity index (χ1) is 9.38. The second-order valence-electron chi connectivity index (χ2n) is 4.87. The Kier molecular flexibility index (Phi) is 5.66. The van der Waals surface area contributed by atoms with Crippen LogP contribution in [0.15, 0.2) is 24.0 Å². The van der Waals surface area contributed by atoms with Gasteiger partial charge in [0.15, 0.2) is 0 Å². The maximum atomic E-state index is 5.49. The molecule has 1 aliphatic rings. The molecule has 1 N–H and O–H groups in total. The lowest BCUT2D eigenvalue weighted by Crippen LogP contribution is -2.06. The molecule has 0 amide bonds. The number of hydrogen-bond donors (Lipinski definition) is 1. The predicted octanol–water partition coefficient (Wildman–Crippen LogP) is 3.57. The van der Waals surface area contributed by atoms with Crippen molar-refractivity contribution in [3.8, 4) is 5.88 Å². The molecule has 0 spiro atoms. The van der Waals surface area contributed by atoms with Gasteiger partial charge in [0.05, 0.1) is 6.61 Å². The van der Waals surface area contributed by atoms with Crippen LogP contribution < -0.4 is 10.1 Å².